The van der Waals surface area contributed by atoms with Gasteiger partial charge in [0.15, 0.2) is 0 Å². The number of unbranched alkanes of at least 4 members (excludes halogenated alkanes) is 1. The summed E-state index contributed by atoms with van der Waals surface area (Å²) in [7, 11) is 0. The van der Waals surface area contributed by atoms with Crippen molar-refractivity contribution < 1.29 is 0 Å². The highest BCUT2D eigenvalue weighted by Crippen LogP contribution is 2.39. The average Bonchev–Trinajstić information content (AvgIpc) is 2.66. The summed E-state index contributed by atoms with van der Waals surface area (Å²) >= 11 is 0. The van der Waals surface area contributed by atoms with E-state index in [1.165, 1.54) is 55.9 Å². The van der Waals surface area contributed by atoms with Crippen LogP contribution in [-0.2, 0) is 0 Å². The second kappa shape index (κ2) is 6.13. The topological polar surface area (TPSA) is 0 Å². The largest absolute Gasteiger partial charge is 0.0654 e. The molecule has 0 fully saturated rings. The van der Waals surface area contributed by atoms with Crippen molar-refractivity contribution in [3.8, 4) is 0 Å². The first-order valence-electron chi connectivity index (χ1n) is 8.89. The molecule has 0 saturated carbocycles. The normalized spacial score (nSPS) is 11.2. The van der Waals surface area contributed by atoms with Crippen molar-refractivity contribution in [1.29, 1.82) is 0 Å². The fourth-order valence-corrected chi connectivity index (χ4v) is 3.58. The third-order valence-electron chi connectivity index (χ3n) is 4.89. The lowest BCUT2D eigenvalue weighted by molar-refractivity contribution is 0.886. The van der Waals surface area contributed by atoms with Crippen molar-refractivity contribution in [2.75, 3.05) is 0 Å². The Morgan fingerprint density at radius 3 is 1.00 bits per heavy atom. The molecule has 0 aliphatic rings. The van der Waals surface area contributed by atoms with Crippen molar-refractivity contribution in [3.63, 3.8) is 0 Å². The summed E-state index contributed by atoms with van der Waals surface area (Å²) < 4.78 is 0. The van der Waals surface area contributed by atoms with Crippen LogP contribution in [0.4, 0.5) is 0 Å². The number of fused-ring (bicyclic) bond motifs is 2. The van der Waals surface area contributed by atoms with Crippen LogP contribution < -0.4 is 0 Å². The zero-order valence-electron chi connectivity index (χ0n) is 14.3. The Hall–Kier alpha value is -2.60. The molecule has 0 amide bonds. The summed E-state index contributed by atoms with van der Waals surface area (Å²) in [6.07, 6.45) is 2.64. The van der Waals surface area contributed by atoms with E-state index in [1.807, 2.05) is 0 Å². The first-order valence-corrected chi connectivity index (χ1v) is 8.89. The molecule has 0 radical (unpaired) electrons. The standard InChI is InChI=1S/C20H12.C4H10/c1-5-13-6-2-11-17-18-12-4-8-14-7-3-10-16(20(14)18)15(9-1)19(13)17;1-3-4-2/h1-12H;3-4H2,1-2H3. The first-order chi connectivity index (χ1) is 11.8. The van der Waals surface area contributed by atoms with Gasteiger partial charge in [-0.3, -0.25) is 0 Å². The molecule has 0 bridgehead atoms. The van der Waals surface area contributed by atoms with E-state index < -0.39 is 0 Å². The minimum absolute atomic E-state index is 1.32. The molecule has 0 heterocycles. The number of hydrogen-bond acceptors (Lipinski definition) is 0. The molecular formula is C24H22. The van der Waals surface area contributed by atoms with Crippen molar-refractivity contribution in [3.05, 3.63) is 72.8 Å². The zero-order chi connectivity index (χ0) is 16.5. The second-order valence-corrected chi connectivity index (χ2v) is 6.42. The van der Waals surface area contributed by atoms with Crippen LogP contribution in [0, 0.1) is 0 Å². The van der Waals surface area contributed by atoms with Gasteiger partial charge in [-0.05, 0) is 43.1 Å². The quantitative estimate of drug-likeness (QED) is 0.221. The molecule has 5 rings (SSSR count). The molecule has 0 unspecified atom stereocenters. The number of rotatable bonds is 1. The molecule has 0 aliphatic heterocycles. The highest BCUT2D eigenvalue weighted by Gasteiger charge is 2.11. The molecule has 0 spiro atoms. The average molecular weight is 310 g/mol. The van der Waals surface area contributed by atoms with E-state index in [2.05, 4.69) is 86.6 Å². The summed E-state index contributed by atoms with van der Waals surface area (Å²) in [6.45, 7) is 4.36. The molecule has 5 aromatic rings. The maximum atomic E-state index is 2.25. The lowest BCUT2D eigenvalue weighted by atomic mass is 9.90. The predicted molar refractivity (Wildman–Crippen MR) is 108 cm³/mol. The lowest BCUT2D eigenvalue weighted by Gasteiger charge is -2.13. The van der Waals surface area contributed by atoms with Gasteiger partial charge in [0.1, 0.15) is 0 Å². The zero-order valence-corrected chi connectivity index (χ0v) is 14.3. The van der Waals surface area contributed by atoms with Gasteiger partial charge in [-0.2, -0.15) is 0 Å². The molecule has 0 heteroatoms. The Morgan fingerprint density at radius 2 is 0.750 bits per heavy atom. The van der Waals surface area contributed by atoms with Gasteiger partial charge in [0, 0.05) is 0 Å². The summed E-state index contributed by atoms with van der Waals surface area (Å²) in [6, 6.07) is 26.4. The van der Waals surface area contributed by atoms with Crippen molar-refractivity contribution in [2.24, 2.45) is 0 Å². The van der Waals surface area contributed by atoms with E-state index in [0.29, 0.717) is 0 Å². The second-order valence-electron chi connectivity index (χ2n) is 6.42. The summed E-state index contributed by atoms with van der Waals surface area (Å²) in [4.78, 5) is 0. The first kappa shape index (κ1) is 15.0. The molecule has 0 N–H and O–H groups in total. The molecule has 0 saturated heterocycles. The minimum Gasteiger partial charge on any atom is -0.0654 e. The van der Waals surface area contributed by atoms with Gasteiger partial charge < -0.3 is 0 Å². The molecule has 5 aromatic carbocycles. The van der Waals surface area contributed by atoms with Gasteiger partial charge in [-0.25, -0.2) is 0 Å². The van der Waals surface area contributed by atoms with Crippen LogP contribution in [0.25, 0.3) is 43.1 Å². The maximum Gasteiger partial charge on any atom is -0.00264 e. The molecule has 118 valence electrons. The summed E-state index contributed by atoms with van der Waals surface area (Å²) in [5.74, 6) is 0. The monoisotopic (exact) mass is 310 g/mol. The molecule has 0 nitrogen and oxygen atoms in total. The van der Waals surface area contributed by atoms with Gasteiger partial charge in [0.25, 0.3) is 0 Å². The van der Waals surface area contributed by atoms with Crippen LogP contribution >= 0.6 is 0 Å². The Kier molecular flexibility index (Phi) is 3.82. The summed E-state index contributed by atoms with van der Waals surface area (Å²) in [5, 5.41) is 10.9. The Labute approximate surface area is 143 Å². The molecule has 24 heavy (non-hydrogen) atoms. The van der Waals surface area contributed by atoms with Gasteiger partial charge in [0.2, 0.25) is 0 Å². The third kappa shape index (κ3) is 2.22. The van der Waals surface area contributed by atoms with E-state index in [1.54, 1.807) is 0 Å². The number of hydrogen-bond donors (Lipinski definition) is 0. The van der Waals surface area contributed by atoms with Gasteiger partial charge in [-0.15, -0.1) is 0 Å². The van der Waals surface area contributed by atoms with Crippen LogP contribution in [0.1, 0.15) is 26.7 Å². The van der Waals surface area contributed by atoms with Crippen LogP contribution in [0.15, 0.2) is 72.8 Å². The Balaban J connectivity index is 0.000000332. The molecule has 0 aliphatic carbocycles. The Bertz CT molecular complexity index is 947. The van der Waals surface area contributed by atoms with Crippen molar-refractivity contribution >= 4 is 43.1 Å². The molecular weight excluding hydrogens is 288 g/mol. The summed E-state index contributed by atoms with van der Waals surface area (Å²) in [5.41, 5.74) is 0. The van der Waals surface area contributed by atoms with E-state index in [4.69, 9.17) is 0 Å². The van der Waals surface area contributed by atoms with Gasteiger partial charge in [-0.1, -0.05) is 99.5 Å². The van der Waals surface area contributed by atoms with Crippen molar-refractivity contribution in [2.45, 2.75) is 26.7 Å². The van der Waals surface area contributed by atoms with E-state index in [0.717, 1.165) is 0 Å². The minimum atomic E-state index is 1.32. The fraction of sp³-hybridized carbons (Fsp3) is 0.167. The van der Waals surface area contributed by atoms with Gasteiger partial charge in [0.05, 0.1) is 0 Å². The highest BCUT2D eigenvalue weighted by atomic mass is 14.1. The Morgan fingerprint density at radius 1 is 0.458 bits per heavy atom. The molecule has 0 aromatic heterocycles. The SMILES string of the molecule is CCCC.c1cc2cccc3c4cccc5cccc(c(c1)c23)c54. The van der Waals surface area contributed by atoms with Crippen molar-refractivity contribution in [1.82, 2.24) is 0 Å². The lowest BCUT2D eigenvalue weighted by Crippen LogP contribution is -1.85. The van der Waals surface area contributed by atoms with E-state index in [9.17, 15) is 0 Å². The van der Waals surface area contributed by atoms with E-state index in [-0.39, 0.29) is 0 Å². The maximum absolute atomic E-state index is 2.25. The van der Waals surface area contributed by atoms with Crippen LogP contribution in [0.3, 0.4) is 0 Å². The van der Waals surface area contributed by atoms with E-state index >= 15 is 0 Å². The number of benzene rings is 5. The third-order valence-corrected chi connectivity index (χ3v) is 4.89. The fourth-order valence-electron chi connectivity index (χ4n) is 3.58. The smallest absolute Gasteiger partial charge is 0.00264 e. The van der Waals surface area contributed by atoms with Crippen LogP contribution in [0.2, 0.25) is 0 Å². The van der Waals surface area contributed by atoms with Crippen LogP contribution in [0.5, 0.6) is 0 Å². The molecule has 0 atom stereocenters. The van der Waals surface area contributed by atoms with Crippen LogP contribution in [-0.4, -0.2) is 0 Å². The highest BCUT2D eigenvalue weighted by molar-refractivity contribution is 6.32. The predicted octanol–water partition coefficient (Wildman–Crippen LogP) is 7.54. The van der Waals surface area contributed by atoms with Gasteiger partial charge >= 0.3 is 0 Å².